The molecule has 0 saturated carbocycles. The van der Waals surface area contributed by atoms with Crippen LogP contribution in [0.1, 0.15) is 29.4 Å². The van der Waals surface area contributed by atoms with Gasteiger partial charge in [-0.05, 0) is 31.5 Å². The van der Waals surface area contributed by atoms with Crippen LogP contribution in [0, 0.1) is 12.7 Å². The maximum atomic E-state index is 13.3. The number of aromatic nitrogens is 2. The van der Waals surface area contributed by atoms with E-state index in [1.165, 1.54) is 6.07 Å². The first kappa shape index (κ1) is 14.9. The first-order valence-electron chi connectivity index (χ1n) is 6.73. The third kappa shape index (κ3) is 3.98. The molecule has 2 N–H and O–H groups in total. The average Bonchev–Trinajstić information content (AvgIpc) is 2.48. The molecule has 0 aromatic carbocycles. The van der Waals surface area contributed by atoms with E-state index in [1.54, 1.807) is 18.3 Å². The fraction of sp³-hybridized carbons (Fsp3) is 0.267. The average molecular weight is 288 g/mol. The van der Waals surface area contributed by atoms with Gasteiger partial charge in [-0.2, -0.15) is 0 Å². The van der Waals surface area contributed by atoms with E-state index in [-0.39, 0.29) is 5.56 Å². The summed E-state index contributed by atoms with van der Waals surface area (Å²) in [7, 11) is 0. The van der Waals surface area contributed by atoms with Crippen molar-refractivity contribution in [2.45, 2.75) is 20.3 Å². The van der Waals surface area contributed by atoms with E-state index in [0.717, 1.165) is 18.3 Å². The van der Waals surface area contributed by atoms with Crippen molar-refractivity contribution < 1.29 is 9.18 Å². The van der Waals surface area contributed by atoms with Crippen LogP contribution in [0.25, 0.3) is 0 Å². The number of halogens is 1. The SMILES string of the molecule is CCCNc1ncc(F)cc1C(=O)Nc1ccc(C)nc1. The molecule has 0 aliphatic heterocycles. The lowest BCUT2D eigenvalue weighted by Crippen LogP contribution is -2.16. The Labute approximate surface area is 122 Å². The Hall–Kier alpha value is -2.50. The van der Waals surface area contributed by atoms with Crippen LogP contribution in [-0.4, -0.2) is 22.4 Å². The number of nitrogens with one attached hydrogen (secondary N) is 2. The molecule has 21 heavy (non-hydrogen) atoms. The Morgan fingerprint density at radius 2 is 2.10 bits per heavy atom. The maximum absolute atomic E-state index is 13.3. The fourth-order valence-electron chi connectivity index (χ4n) is 1.74. The quantitative estimate of drug-likeness (QED) is 0.887. The number of anilines is 2. The third-order valence-electron chi connectivity index (χ3n) is 2.81. The monoisotopic (exact) mass is 288 g/mol. The number of carbonyl (C=O) groups is 1. The second kappa shape index (κ2) is 6.78. The van der Waals surface area contributed by atoms with E-state index in [2.05, 4.69) is 20.6 Å². The first-order chi connectivity index (χ1) is 10.1. The highest BCUT2D eigenvalue weighted by Crippen LogP contribution is 2.16. The molecule has 0 radical (unpaired) electrons. The lowest BCUT2D eigenvalue weighted by atomic mass is 10.2. The van der Waals surface area contributed by atoms with Crippen LogP contribution in [-0.2, 0) is 0 Å². The van der Waals surface area contributed by atoms with Gasteiger partial charge in [0, 0.05) is 12.2 Å². The summed E-state index contributed by atoms with van der Waals surface area (Å²) in [4.78, 5) is 20.3. The Kier molecular flexibility index (Phi) is 4.81. The Balaban J connectivity index is 2.20. The summed E-state index contributed by atoms with van der Waals surface area (Å²) < 4.78 is 13.3. The number of rotatable bonds is 5. The van der Waals surface area contributed by atoms with Crippen molar-refractivity contribution in [2.75, 3.05) is 17.2 Å². The molecular weight excluding hydrogens is 271 g/mol. The molecule has 1 amide bonds. The van der Waals surface area contributed by atoms with Gasteiger partial charge in [0.15, 0.2) is 0 Å². The summed E-state index contributed by atoms with van der Waals surface area (Å²) in [5.74, 6) is -0.605. The number of amides is 1. The van der Waals surface area contributed by atoms with Crippen molar-refractivity contribution in [3.05, 3.63) is 47.7 Å². The van der Waals surface area contributed by atoms with Crippen LogP contribution in [0.4, 0.5) is 15.9 Å². The van der Waals surface area contributed by atoms with E-state index in [0.29, 0.717) is 18.1 Å². The van der Waals surface area contributed by atoms with Crippen molar-refractivity contribution in [1.29, 1.82) is 0 Å². The van der Waals surface area contributed by atoms with E-state index in [4.69, 9.17) is 0 Å². The zero-order chi connectivity index (χ0) is 15.2. The number of pyridine rings is 2. The molecule has 2 aromatic rings. The molecule has 110 valence electrons. The van der Waals surface area contributed by atoms with Crippen LogP contribution in [0.5, 0.6) is 0 Å². The molecule has 2 heterocycles. The third-order valence-corrected chi connectivity index (χ3v) is 2.81. The second-order valence-corrected chi connectivity index (χ2v) is 4.62. The predicted molar refractivity (Wildman–Crippen MR) is 79.9 cm³/mol. The van der Waals surface area contributed by atoms with Gasteiger partial charge in [0.25, 0.3) is 5.91 Å². The molecule has 2 aromatic heterocycles. The number of hydrogen-bond acceptors (Lipinski definition) is 4. The van der Waals surface area contributed by atoms with Gasteiger partial charge in [-0.25, -0.2) is 9.37 Å². The van der Waals surface area contributed by atoms with E-state index in [9.17, 15) is 9.18 Å². The molecular formula is C15H17FN4O. The molecule has 6 heteroatoms. The first-order valence-corrected chi connectivity index (χ1v) is 6.73. The molecule has 5 nitrogen and oxygen atoms in total. The van der Waals surface area contributed by atoms with Crippen LogP contribution in [0.3, 0.4) is 0 Å². The number of carbonyl (C=O) groups excluding carboxylic acids is 1. The molecule has 0 fully saturated rings. The summed E-state index contributed by atoms with van der Waals surface area (Å²) in [5.41, 5.74) is 1.58. The lowest BCUT2D eigenvalue weighted by molar-refractivity contribution is 0.102. The van der Waals surface area contributed by atoms with E-state index < -0.39 is 11.7 Å². The smallest absolute Gasteiger partial charge is 0.259 e. The highest BCUT2D eigenvalue weighted by atomic mass is 19.1. The normalized spacial score (nSPS) is 10.2. The van der Waals surface area contributed by atoms with Crippen molar-refractivity contribution >= 4 is 17.4 Å². The maximum Gasteiger partial charge on any atom is 0.259 e. The molecule has 0 unspecified atom stereocenters. The topological polar surface area (TPSA) is 66.9 Å². The largest absolute Gasteiger partial charge is 0.369 e. The van der Waals surface area contributed by atoms with Crippen LogP contribution < -0.4 is 10.6 Å². The molecule has 0 saturated heterocycles. The van der Waals surface area contributed by atoms with Gasteiger partial charge >= 0.3 is 0 Å². The lowest BCUT2D eigenvalue weighted by Gasteiger charge is -2.11. The van der Waals surface area contributed by atoms with Gasteiger partial charge in [-0.1, -0.05) is 6.92 Å². The molecule has 0 aliphatic carbocycles. The molecule has 0 aliphatic rings. The van der Waals surface area contributed by atoms with E-state index in [1.807, 2.05) is 13.8 Å². The van der Waals surface area contributed by atoms with Gasteiger partial charge in [-0.3, -0.25) is 9.78 Å². The minimum absolute atomic E-state index is 0.170. The Bertz CT molecular complexity index is 628. The predicted octanol–water partition coefficient (Wildman–Crippen LogP) is 3.00. The fourth-order valence-corrected chi connectivity index (χ4v) is 1.74. The Morgan fingerprint density at radius 3 is 2.76 bits per heavy atom. The van der Waals surface area contributed by atoms with Gasteiger partial charge in [-0.15, -0.1) is 0 Å². The van der Waals surface area contributed by atoms with E-state index >= 15 is 0 Å². The van der Waals surface area contributed by atoms with Gasteiger partial charge in [0.1, 0.15) is 11.6 Å². The van der Waals surface area contributed by atoms with Crippen molar-refractivity contribution in [3.63, 3.8) is 0 Å². The number of aryl methyl sites for hydroxylation is 1. The van der Waals surface area contributed by atoms with Crippen molar-refractivity contribution in [3.8, 4) is 0 Å². The summed E-state index contributed by atoms with van der Waals surface area (Å²) in [6.07, 6.45) is 3.52. The highest BCUT2D eigenvalue weighted by Gasteiger charge is 2.14. The summed E-state index contributed by atoms with van der Waals surface area (Å²) in [6.45, 7) is 4.51. The molecule has 0 bridgehead atoms. The molecule has 2 rings (SSSR count). The minimum Gasteiger partial charge on any atom is -0.369 e. The van der Waals surface area contributed by atoms with Crippen molar-refractivity contribution in [2.24, 2.45) is 0 Å². The molecule has 0 spiro atoms. The Morgan fingerprint density at radius 1 is 1.29 bits per heavy atom. The number of nitrogens with zero attached hydrogens (tertiary/aromatic N) is 2. The second-order valence-electron chi connectivity index (χ2n) is 4.62. The molecule has 0 atom stereocenters. The highest BCUT2D eigenvalue weighted by molar-refractivity contribution is 6.07. The summed E-state index contributed by atoms with van der Waals surface area (Å²) in [5, 5.41) is 5.69. The summed E-state index contributed by atoms with van der Waals surface area (Å²) in [6, 6.07) is 4.70. The van der Waals surface area contributed by atoms with Gasteiger partial charge < -0.3 is 10.6 Å². The van der Waals surface area contributed by atoms with Crippen LogP contribution in [0.15, 0.2) is 30.6 Å². The standard InChI is InChI=1S/C15H17FN4O/c1-3-6-17-14-13(7-11(16)8-19-14)15(21)20-12-5-4-10(2)18-9-12/h4-5,7-9H,3,6H2,1-2H3,(H,17,19)(H,20,21). The van der Waals surface area contributed by atoms with Crippen LogP contribution in [0.2, 0.25) is 0 Å². The van der Waals surface area contributed by atoms with Gasteiger partial charge in [0.2, 0.25) is 0 Å². The van der Waals surface area contributed by atoms with Gasteiger partial charge in [0.05, 0.1) is 23.6 Å². The van der Waals surface area contributed by atoms with Crippen LogP contribution >= 0.6 is 0 Å². The van der Waals surface area contributed by atoms with Crippen molar-refractivity contribution in [1.82, 2.24) is 9.97 Å². The number of hydrogen-bond donors (Lipinski definition) is 2. The summed E-state index contributed by atoms with van der Waals surface area (Å²) >= 11 is 0. The zero-order valence-electron chi connectivity index (χ0n) is 12.0. The minimum atomic E-state index is -0.552. The zero-order valence-corrected chi connectivity index (χ0v) is 12.0.